The van der Waals surface area contributed by atoms with E-state index in [9.17, 15) is 22.8 Å². The van der Waals surface area contributed by atoms with Gasteiger partial charge in [-0.25, -0.2) is 8.42 Å². The molecule has 0 aromatic heterocycles. The van der Waals surface area contributed by atoms with Crippen LogP contribution < -0.4 is 5.32 Å². The molecule has 0 spiro atoms. The number of benzene rings is 2. The summed E-state index contributed by atoms with van der Waals surface area (Å²) >= 11 is 6.15. The Morgan fingerprint density at radius 3 is 2.22 bits per heavy atom. The Hall–Kier alpha value is -2.75. The largest absolute Gasteiger partial charge is 0.322 e. The van der Waals surface area contributed by atoms with Gasteiger partial charge in [0.05, 0.1) is 11.6 Å². The average molecular weight is 476 g/mol. The monoisotopic (exact) mass is 475 g/mol. The number of hydrogen-bond donors (Lipinski definition) is 1. The predicted octanol–water partition coefficient (Wildman–Crippen LogP) is 3.03. The smallest absolute Gasteiger partial charge is 0.255 e. The fraction of sp³-hybridized carbons (Fsp3) is 0.318. The van der Waals surface area contributed by atoms with Gasteiger partial charge >= 0.3 is 0 Å². The van der Waals surface area contributed by atoms with Gasteiger partial charge < -0.3 is 5.32 Å². The Labute approximate surface area is 191 Å². The second kappa shape index (κ2) is 9.01. The third-order valence-corrected chi connectivity index (χ3v) is 7.96. The third-order valence-electron chi connectivity index (χ3n) is 5.58. The molecule has 0 atom stereocenters. The summed E-state index contributed by atoms with van der Waals surface area (Å²) in [5, 5.41) is 2.80. The second-order valence-electron chi connectivity index (χ2n) is 7.78. The van der Waals surface area contributed by atoms with E-state index in [0.717, 1.165) is 18.4 Å². The van der Waals surface area contributed by atoms with E-state index in [4.69, 9.17) is 11.6 Å². The van der Waals surface area contributed by atoms with Crippen LogP contribution in [0.4, 0.5) is 5.69 Å². The van der Waals surface area contributed by atoms with Crippen LogP contribution in [0.1, 0.15) is 41.6 Å². The maximum Gasteiger partial charge on any atom is 0.255 e. The van der Waals surface area contributed by atoms with Crippen molar-refractivity contribution in [3.63, 3.8) is 0 Å². The molecule has 32 heavy (non-hydrogen) atoms. The molecule has 0 unspecified atom stereocenters. The van der Waals surface area contributed by atoms with Gasteiger partial charge in [0.1, 0.15) is 4.90 Å². The normalized spacial score (nSPS) is 17.2. The number of halogens is 1. The lowest BCUT2D eigenvalue weighted by Crippen LogP contribution is -2.28. The lowest BCUT2D eigenvalue weighted by atomic mass is 10.1. The Morgan fingerprint density at radius 2 is 1.59 bits per heavy atom. The van der Waals surface area contributed by atoms with Crippen molar-refractivity contribution in [2.24, 2.45) is 0 Å². The van der Waals surface area contributed by atoms with Crippen LogP contribution in [0.2, 0.25) is 5.02 Å². The highest BCUT2D eigenvalue weighted by Gasteiger charge is 2.30. The number of nitrogens with one attached hydrogen (secondary N) is 1. The quantitative estimate of drug-likeness (QED) is 0.647. The van der Waals surface area contributed by atoms with E-state index < -0.39 is 15.9 Å². The number of amides is 3. The molecule has 10 heteroatoms. The van der Waals surface area contributed by atoms with Crippen LogP contribution in [0.3, 0.4) is 0 Å². The highest BCUT2D eigenvalue weighted by Crippen LogP contribution is 2.30. The van der Waals surface area contributed by atoms with Crippen LogP contribution in [0, 0.1) is 0 Å². The van der Waals surface area contributed by atoms with Crippen LogP contribution in [0.25, 0.3) is 0 Å². The van der Waals surface area contributed by atoms with E-state index in [1.165, 1.54) is 21.3 Å². The maximum absolute atomic E-state index is 12.9. The van der Waals surface area contributed by atoms with Gasteiger partial charge in [-0.2, -0.15) is 4.31 Å². The molecular formula is C22H22ClN3O5S. The number of carbonyl (C=O) groups excluding carboxylic acids is 3. The number of carbonyl (C=O) groups is 3. The molecular weight excluding hydrogens is 454 g/mol. The summed E-state index contributed by atoms with van der Waals surface area (Å²) < 4.78 is 27.1. The molecule has 2 aliphatic heterocycles. The van der Waals surface area contributed by atoms with Crippen LogP contribution >= 0.6 is 11.6 Å². The lowest BCUT2D eigenvalue weighted by Gasteiger charge is -2.17. The van der Waals surface area contributed by atoms with Gasteiger partial charge in [-0.3, -0.25) is 19.3 Å². The van der Waals surface area contributed by atoms with Gasteiger partial charge in [0, 0.05) is 37.2 Å². The van der Waals surface area contributed by atoms with Gasteiger partial charge in [-0.1, -0.05) is 23.7 Å². The Kier molecular flexibility index (Phi) is 6.32. The molecule has 168 valence electrons. The predicted molar refractivity (Wildman–Crippen MR) is 119 cm³/mol. The maximum atomic E-state index is 12.9. The first-order chi connectivity index (χ1) is 15.3. The van der Waals surface area contributed by atoms with Crippen molar-refractivity contribution in [1.82, 2.24) is 9.21 Å². The fourth-order valence-electron chi connectivity index (χ4n) is 3.79. The van der Waals surface area contributed by atoms with Gasteiger partial charge in [0.15, 0.2) is 0 Å². The summed E-state index contributed by atoms with van der Waals surface area (Å²) in [6, 6.07) is 10.9. The summed E-state index contributed by atoms with van der Waals surface area (Å²) in [5.74, 6) is -0.810. The van der Waals surface area contributed by atoms with Gasteiger partial charge in [0.2, 0.25) is 21.8 Å². The molecule has 3 amide bonds. The van der Waals surface area contributed by atoms with Gasteiger partial charge in [0.25, 0.3) is 5.91 Å². The number of sulfonamides is 1. The molecule has 0 radical (unpaired) electrons. The molecule has 1 N–H and O–H groups in total. The molecule has 0 aliphatic carbocycles. The number of anilines is 1. The minimum Gasteiger partial charge on any atom is -0.322 e. The second-order valence-corrected chi connectivity index (χ2v) is 10.1. The van der Waals surface area contributed by atoms with E-state index in [0.29, 0.717) is 24.3 Å². The first-order valence-electron chi connectivity index (χ1n) is 10.3. The van der Waals surface area contributed by atoms with Crippen LogP contribution in [0.15, 0.2) is 47.4 Å². The van der Waals surface area contributed by atoms with E-state index in [2.05, 4.69) is 5.32 Å². The van der Waals surface area contributed by atoms with Crippen LogP contribution in [-0.4, -0.2) is 48.4 Å². The first kappa shape index (κ1) is 22.4. The fourth-order valence-corrected chi connectivity index (χ4v) is 5.81. The highest BCUT2D eigenvalue weighted by atomic mass is 35.5. The van der Waals surface area contributed by atoms with Crippen LogP contribution in [-0.2, 0) is 26.2 Å². The number of rotatable bonds is 6. The van der Waals surface area contributed by atoms with Crippen molar-refractivity contribution in [1.29, 1.82) is 0 Å². The van der Waals surface area contributed by atoms with Gasteiger partial charge in [-0.05, 0) is 48.7 Å². The zero-order chi connectivity index (χ0) is 22.9. The summed E-state index contributed by atoms with van der Waals surface area (Å²) in [4.78, 5) is 37.4. The van der Waals surface area contributed by atoms with E-state index in [-0.39, 0.29) is 41.1 Å². The van der Waals surface area contributed by atoms with E-state index in [1.54, 1.807) is 30.3 Å². The van der Waals surface area contributed by atoms with E-state index >= 15 is 0 Å². The molecule has 0 bridgehead atoms. The zero-order valence-corrected chi connectivity index (χ0v) is 18.8. The lowest BCUT2D eigenvalue weighted by molar-refractivity contribution is -0.139. The average Bonchev–Trinajstić information content (AvgIpc) is 3.42. The van der Waals surface area contributed by atoms with Crippen molar-refractivity contribution < 1.29 is 22.8 Å². The highest BCUT2D eigenvalue weighted by molar-refractivity contribution is 7.89. The number of hydrogen-bond acceptors (Lipinski definition) is 5. The molecule has 0 saturated carbocycles. The molecule has 2 heterocycles. The first-order valence-corrected chi connectivity index (χ1v) is 12.1. The molecule has 2 aliphatic rings. The summed E-state index contributed by atoms with van der Waals surface area (Å²) in [5.41, 5.74) is 1.40. The van der Waals surface area contributed by atoms with Crippen molar-refractivity contribution in [3.8, 4) is 0 Å². The summed E-state index contributed by atoms with van der Waals surface area (Å²) in [6.07, 6.45) is 2.08. The zero-order valence-electron chi connectivity index (χ0n) is 17.2. The van der Waals surface area contributed by atoms with Crippen LogP contribution in [0.5, 0.6) is 0 Å². The molecule has 2 aromatic carbocycles. The van der Waals surface area contributed by atoms with E-state index in [1.807, 2.05) is 0 Å². The Balaban J connectivity index is 1.47. The number of nitrogens with zero attached hydrogens (tertiary/aromatic N) is 2. The minimum atomic E-state index is -3.73. The molecule has 2 aromatic rings. The molecule has 2 fully saturated rings. The van der Waals surface area contributed by atoms with Crippen molar-refractivity contribution in [2.45, 2.75) is 37.1 Å². The minimum absolute atomic E-state index is 0.0332. The topological polar surface area (TPSA) is 104 Å². The molecule has 2 saturated heterocycles. The van der Waals surface area contributed by atoms with Crippen molar-refractivity contribution >= 4 is 45.0 Å². The Morgan fingerprint density at radius 1 is 0.969 bits per heavy atom. The third kappa shape index (κ3) is 4.55. The van der Waals surface area contributed by atoms with Crippen molar-refractivity contribution in [3.05, 3.63) is 58.6 Å². The molecule has 8 nitrogen and oxygen atoms in total. The summed E-state index contributed by atoms with van der Waals surface area (Å²) in [6.45, 7) is 1.08. The number of imide groups is 1. The Bertz CT molecular complexity index is 1160. The SMILES string of the molecule is O=C(Nc1ccc(Cl)c(S(=O)(=O)N2CCCC2)c1)c1ccc(CN2C(=O)CCC2=O)cc1. The van der Waals surface area contributed by atoms with Crippen molar-refractivity contribution in [2.75, 3.05) is 18.4 Å². The number of likely N-dealkylation sites (tertiary alicyclic amines) is 1. The van der Waals surface area contributed by atoms with Gasteiger partial charge in [-0.15, -0.1) is 0 Å². The summed E-state index contributed by atoms with van der Waals surface area (Å²) in [7, 11) is -3.73. The molecule has 4 rings (SSSR count). The standard InChI is InChI=1S/C22H22ClN3O5S/c23-18-8-7-17(13-19(18)32(30,31)25-11-1-2-12-25)24-22(29)16-5-3-15(4-6-16)14-26-20(27)9-10-21(26)28/h3-8,13H,1-2,9-12,14H2,(H,24,29).